The first kappa shape index (κ1) is 13.2. The van der Waals surface area contributed by atoms with Crippen molar-refractivity contribution >= 4 is 22.7 Å². The lowest BCUT2D eigenvalue weighted by Gasteiger charge is -2.07. The van der Waals surface area contributed by atoms with Crippen LogP contribution in [0.2, 0.25) is 0 Å². The van der Waals surface area contributed by atoms with Crippen LogP contribution in [0.3, 0.4) is 0 Å². The van der Waals surface area contributed by atoms with Crippen LogP contribution in [0.25, 0.3) is 11.2 Å². The third kappa shape index (κ3) is 2.20. The van der Waals surface area contributed by atoms with Crippen molar-refractivity contribution in [1.29, 1.82) is 0 Å². The van der Waals surface area contributed by atoms with Gasteiger partial charge in [-0.15, -0.1) is 0 Å². The largest absolute Gasteiger partial charge is 0.336 e. The molecular formula is C16H16FN5. The number of benzene rings is 1. The van der Waals surface area contributed by atoms with E-state index in [0.29, 0.717) is 17.0 Å². The molecule has 0 aliphatic carbocycles. The lowest BCUT2D eigenvalue weighted by molar-refractivity contribution is 0.632. The van der Waals surface area contributed by atoms with Crippen molar-refractivity contribution in [3.8, 4) is 0 Å². The molecule has 22 heavy (non-hydrogen) atoms. The molecule has 0 saturated carbocycles. The SMILES string of the molecule is Fc1ccccc1Nc1ncnc2c1nc1n2CCCCC1. The lowest BCUT2D eigenvalue weighted by Crippen LogP contribution is -2.02. The number of nitrogens with one attached hydrogen (secondary N) is 1. The highest BCUT2D eigenvalue weighted by Crippen LogP contribution is 2.26. The number of aromatic nitrogens is 4. The van der Waals surface area contributed by atoms with E-state index in [1.807, 2.05) is 0 Å². The number of hydrogen-bond acceptors (Lipinski definition) is 4. The number of hydrogen-bond donors (Lipinski definition) is 1. The third-order valence-electron chi connectivity index (χ3n) is 4.02. The Kier molecular flexibility index (Phi) is 3.21. The smallest absolute Gasteiger partial charge is 0.165 e. The number of anilines is 2. The van der Waals surface area contributed by atoms with E-state index >= 15 is 0 Å². The van der Waals surface area contributed by atoms with Crippen LogP contribution in [-0.2, 0) is 13.0 Å². The Hall–Kier alpha value is -2.50. The van der Waals surface area contributed by atoms with E-state index in [1.165, 1.54) is 18.8 Å². The topological polar surface area (TPSA) is 55.6 Å². The summed E-state index contributed by atoms with van der Waals surface area (Å²) >= 11 is 0. The zero-order valence-electron chi connectivity index (χ0n) is 12.1. The van der Waals surface area contributed by atoms with E-state index in [9.17, 15) is 4.39 Å². The molecule has 0 atom stereocenters. The quantitative estimate of drug-likeness (QED) is 0.787. The van der Waals surface area contributed by atoms with E-state index in [2.05, 4.69) is 19.9 Å². The van der Waals surface area contributed by atoms with Crippen LogP contribution < -0.4 is 5.32 Å². The van der Waals surface area contributed by atoms with Crippen molar-refractivity contribution in [2.75, 3.05) is 5.32 Å². The molecule has 0 unspecified atom stereocenters. The van der Waals surface area contributed by atoms with Crippen LogP contribution >= 0.6 is 0 Å². The molecule has 0 fully saturated rings. The van der Waals surface area contributed by atoms with Crippen molar-refractivity contribution in [1.82, 2.24) is 19.5 Å². The molecule has 2 aromatic heterocycles. The summed E-state index contributed by atoms with van der Waals surface area (Å²) in [6.07, 6.45) is 5.96. The van der Waals surface area contributed by atoms with Gasteiger partial charge in [-0.25, -0.2) is 19.3 Å². The molecule has 6 heteroatoms. The van der Waals surface area contributed by atoms with Crippen LogP contribution in [0.5, 0.6) is 0 Å². The number of fused-ring (bicyclic) bond motifs is 3. The summed E-state index contributed by atoms with van der Waals surface area (Å²) in [6.45, 7) is 0.933. The second kappa shape index (κ2) is 5.36. The molecule has 0 spiro atoms. The van der Waals surface area contributed by atoms with Crippen molar-refractivity contribution in [2.45, 2.75) is 32.2 Å². The summed E-state index contributed by atoms with van der Waals surface area (Å²) in [5.41, 5.74) is 1.93. The van der Waals surface area contributed by atoms with Gasteiger partial charge < -0.3 is 9.88 Å². The Morgan fingerprint density at radius 1 is 1.09 bits per heavy atom. The predicted octanol–water partition coefficient (Wildman–Crippen LogP) is 3.44. The first-order valence-electron chi connectivity index (χ1n) is 7.54. The Morgan fingerprint density at radius 2 is 2.00 bits per heavy atom. The summed E-state index contributed by atoms with van der Waals surface area (Å²) in [7, 11) is 0. The van der Waals surface area contributed by atoms with Crippen LogP contribution in [0.1, 0.15) is 25.1 Å². The van der Waals surface area contributed by atoms with Crippen molar-refractivity contribution in [2.24, 2.45) is 0 Å². The summed E-state index contributed by atoms with van der Waals surface area (Å²) in [5.74, 6) is 1.29. The van der Waals surface area contributed by atoms with E-state index in [-0.39, 0.29) is 5.82 Å². The van der Waals surface area contributed by atoms with Gasteiger partial charge >= 0.3 is 0 Å². The molecule has 0 radical (unpaired) electrons. The molecule has 112 valence electrons. The normalized spacial score (nSPS) is 14.6. The molecular weight excluding hydrogens is 281 g/mol. The lowest BCUT2D eigenvalue weighted by atomic mass is 10.2. The number of rotatable bonds is 2. The molecule has 0 saturated heterocycles. The first-order chi connectivity index (χ1) is 10.8. The molecule has 1 aliphatic rings. The van der Waals surface area contributed by atoms with E-state index in [4.69, 9.17) is 4.98 Å². The molecule has 0 bridgehead atoms. The van der Waals surface area contributed by atoms with Crippen molar-refractivity contribution in [3.63, 3.8) is 0 Å². The zero-order chi connectivity index (χ0) is 14.9. The minimum atomic E-state index is -0.310. The molecule has 3 heterocycles. The highest BCUT2D eigenvalue weighted by Gasteiger charge is 2.17. The minimum absolute atomic E-state index is 0.310. The second-order valence-electron chi connectivity index (χ2n) is 5.49. The Bertz CT molecular complexity index is 827. The summed E-state index contributed by atoms with van der Waals surface area (Å²) < 4.78 is 16.0. The Balaban J connectivity index is 1.80. The second-order valence-corrected chi connectivity index (χ2v) is 5.49. The average Bonchev–Trinajstić information content (AvgIpc) is 2.73. The summed E-state index contributed by atoms with van der Waals surface area (Å²) in [5, 5.41) is 3.04. The monoisotopic (exact) mass is 297 g/mol. The molecule has 0 amide bonds. The molecule has 3 aromatic rings. The summed E-state index contributed by atoms with van der Waals surface area (Å²) in [4.78, 5) is 13.3. The molecule has 5 nitrogen and oxygen atoms in total. The molecule has 1 aliphatic heterocycles. The van der Waals surface area contributed by atoms with E-state index < -0.39 is 0 Å². The van der Waals surface area contributed by atoms with Crippen LogP contribution in [0.15, 0.2) is 30.6 Å². The fraction of sp³-hybridized carbons (Fsp3) is 0.312. The van der Waals surface area contributed by atoms with Gasteiger partial charge in [0.1, 0.15) is 18.0 Å². The standard InChI is InChI=1S/C16H16FN5/c17-11-6-3-4-7-12(11)20-15-14-16(19-10-18-15)22-9-5-1-2-8-13(22)21-14/h3-4,6-7,10H,1-2,5,8-9H2,(H,18,19,20). The maximum Gasteiger partial charge on any atom is 0.165 e. The average molecular weight is 297 g/mol. The number of halogens is 1. The number of nitrogens with zero attached hydrogens (tertiary/aromatic N) is 4. The predicted molar refractivity (Wildman–Crippen MR) is 82.6 cm³/mol. The maximum atomic E-state index is 13.8. The highest BCUT2D eigenvalue weighted by atomic mass is 19.1. The van der Waals surface area contributed by atoms with Crippen LogP contribution in [0, 0.1) is 5.82 Å². The van der Waals surface area contributed by atoms with Gasteiger partial charge in [-0.1, -0.05) is 18.6 Å². The Morgan fingerprint density at radius 3 is 2.91 bits per heavy atom. The fourth-order valence-corrected chi connectivity index (χ4v) is 2.92. The van der Waals surface area contributed by atoms with E-state index in [0.717, 1.165) is 37.3 Å². The van der Waals surface area contributed by atoms with Gasteiger partial charge in [0.15, 0.2) is 17.0 Å². The summed E-state index contributed by atoms with van der Waals surface area (Å²) in [6, 6.07) is 6.55. The van der Waals surface area contributed by atoms with Gasteiger partial charge in [0, 0.05) is 13.0 Å². The van der Waals surface area contributed by atoms with Crippen LogP contribution in [-0.4, -0.2) is 19.5 Å². The van der Waals surface area contributed by atoms with Gasteiger partial charge in [-0.3, -0.25) is 0 Å². The Labute approximate surface area is 127 Å². The molecule has 4 rings (SSSR count). The van der Waals surface area contributed by atoms with Gasteiger partial charge in [-0.2, -0.15) is 0 Å². The zero-order valence-corrected chi connectivity index (χ0v) is 12.1. The van der Waals surface area contributed by atoms with Crippen molar-refractivity contribution in [3.05, 3.63) is 42.2 Å². The third-order valence-corrected chi connectivity index (χ3v) is 4.02. The minimum Gasteiger partial charge on any atom is -0.336 e. The first-order valence-corrected chi connectivity index (χ1v) is 7.54. The van der Waals surface area contributed by atoms with E-state index in [1.54, 1.807) is 18.2 Å². The number of aryl methyl sites for hydroxylation is 2. The van der Waals surface area contributed by atoms with Crippen molar-refractivity contribution < 1.29 is 4.39 Å². The molecule has 1 N–H and O–H groups in total. The van der Waals surface area contributed by atoms with Gasteiger partial charge in [0.05, 0.1) is 5.69 Å². The number of para-hydroxylation sites is 1. The van der Waals surface area contributed by atoms with Crippen LogP contribution in [0.4, 0.5) is 15.9 Å². The number of imidazole rings is 1. The van der Waals surface area contributed by atoms with Gasteiger partial charge in [0.25, 0.3) is 0 Å². The fourth-order valence-electron chi connectivity index (χ4n) is 2.92. The highest BCUT2D eigenvalue weighted by molar-refractivity contribution is 5.85. The van der Waals surface area contributed by atoms with Gasteiger partial charge in [-0.05, 0) is 25.0 Å². The molecule has 1 aromatic carbocycles. The maximum absolute atomic E-state index is 13.8. The van der Waals surface area contributed by atoms with Gasteiger partial charge in [0.2, 0.25) is 0 Å².